The molecule has 0 aliphatic carbocycles. The molecule has 0 saturated heterocycles. The van der Waals surface area contributed by atoms with Gasteiger partial charge in [-0.25, -0.2) is 4.79 Å². The summed E-state index contributed by atoms with van der Waals surface area (Å²) in [7, 11) is 0. The molecule has 1 N–H and O–H groups in total. The number of benzene rings is 2. The number of halogens is 1. The van der Waals surface area contributed by atoms with Crippen LogP contribution in [-0.2, 0) is 4.79 Å². The van der Waals surface area contributed by atoms with Crippen LogP contribution in [0.2, 0.25) is 5.02 Å². The number of rotatable bonds is 4. The summed E-state index contributed by atoms with van der Waals surface area (Å²) in [5.74, 6) is -1.10. The molecular weight excluding hydrogens is 312 g/mol. The number of esters is 1. The van der Waals surface area contributed by atoms with Gasteiger partial charge in [0, 0.05) is 16.7 Å². The highest BCUT2D eigenvalue weighted by atomic mass is 35.5. The fraction of sp³-hybridized carbons (Fsp3) is 0.0667. The van der Waals surface area contributed by atoms with Crippen LogP contribution in [0.25, 0.3) is 0 Å². The largest absolute Gasteiger partial charge is 0.478 e. The van der Waals surface area contributed by atoms with Crippen molar-refractivity contribution in [1.29, 1.82) is 0 Å². The van der Waals surface area contributed by atoms with Gasteiger partial charge in [0.1, 0.15) is 0 Å². The second-order valence-corrected chi connectivity index (χ2v) is 5.67. The van der Waals surface area contributed by atoms with Crippen molar-refractivity contribution >= 4 is 35.3 Å². The van der Waals surface area contributed by atoms with Crippen molar-refractivity contribution in [2.75, 3.05) is 0 Å². The quantitative estimate of drug-likeness (QED) is 0.677. The van der Waals surface area contributed by atoms with Crippen LogP contribution in [0, 0.1) is 0 Å². The summed E-state index contributed by atoms with van der Waals surface area (Å²) in [6, 6.07) is 11.6. The smallest absolute Gasteiger partial charge is 0.335 e. The molecule has 0 atom stereocenters. The van der Waals surface area contributed by atoms with Crippen molar-refractivity contribution in [3.8, 4) is 5.75 Å². The van der Waals surface area contributed by atoms with E-state index in [0.717, 1.165) is 9.79 Å². The average molecular weight is 323 g/mol. The van der Waals surface area contributed by atoms with Gasteiger partial charge < -0.3 is 9.84 Å². The topological polar surface area (TPSA) is 63.6 Å². The molecule has 0 aliphatic heterocycles. The highest BCUT2D eigenvalue weighted by Gasteiger charge is 2.08. The third-order valence-corrected chi connectivity index (χ3v) is 3.80. The van der Waals surface area contributed by atoms with E-state index in [4.69, 9.17) is 21.4 Å². The van der Waals surface area contributed by atoms with Gasteiger partial charge in [-0.15, -0.1) is 0 Å². The van der Waals surface area contributed by atoms with Crippen LogP contribution < -0.4 is 4.74 Å². The first-order valence-electron chi connectivity index (χ1n) is 5.95. The maximum Gasteiger partial charge on any atom is 0.335 e. The molecule has 2 rings (SSSR count). The second kappa shape index (κ2) is 6.65. The van der Waals surface area contributed by atoms with E-state index in [1.165, 1.54) is 30.8 Å². The molecule has 0 unspecified atom stereocenters. The Kier molecular flexibility index (Phi) is 4.88. The number of hydrogen-bond acceptors (Lipinski definition) is 4. The molecule has 0 bridgehead atoms. The van der Waals surface area contributed by atoms with Gasteiger partial charge in [-0.05, 0) is 42.5 Å². The Morgan fingerprint density at radius 1 is 1.10 bits per heavy atom. The fourth-order valence-corrected chi connectivity index (χ4v) is 2.58. The Morgan fingerprint density at radius 2 is 1.71 bits per heavy atom. The second-order valence-electron chi connectivity index (χ2n) is 4.12. The summed E-state index contributed by atoms with van der Waals surface area (Å²) in [6.07, 6.45) is 0. The van der Waals surface area contributed by atoms with Crippen LogP contribution in [0.15, 0.2) is 52.3 Å². The van der Waals surface area contributed by atoms with E-state index in [-0.39, 0.29) is 5.56 Å². The minimum Gasteiger partial charge on any atom is -0.478 e. The molecule has 0 aliphatic rings. The summed E-state index contributed by atoms with van der Waals surface area (Å²) >= 11 is 7.36. The Morgan fingerprint density at radius 3 is 2.29 bits per heavy atom. The molecule has 2 aromatic rings. The van der Waals surface area contributed by atoms with E-state index in [1.807, 2.05) is 0 Å². The Labute approximate surface area is 130 Å². The van der Waals surface area contributed by atoms with Crippen molar-refractivity contribution in [1.82, 2.24) is 0 Å². The summed E-state index contributed by atoms with van der Waals surface area (Å²) in [4.78, 5) is 23.5. The van der Waals surface area contributed by atoms with Crippen molar-refractivity contribution in [3.63, 3.8) is 0 Å². The zero-order valence-electron chi connectivity index (χ0n) is 11.0. The lowest BCUT2D eigenvalue weighted by molar-refractivity contribution is -0.131. The van der Waals surface area contributed by atoms with E-state index in [2.05, 4.69) is 0 Å². The standard InChI is InChI=1S/C15H11ClO4S/c1-9(17)20-14-8-12(6-7-13(14)16)21-11-4-2-10(3-5-11)15(18)19/h2-8H,1H3,(H,18,19). The maximum absolute atomic E-state index is 11.0. The van der Waals surface area contributed by atoms with E-state index in [9.17, 15) is 9.59 Å². The Hall–Kier alpha value is -1.98. The summed E-state index contributed by atoms with van der Waals surface area (Å²) in [5.41, 5.74) is 0.232. The van der Waals surface area contributed by atoms with Gasteiger partial charge in [-0.3, -0.25) is 4.79 Å². The minimum absolute atomic E-state index is 0.232. The minimum atomic E-state index is -0.963. The first-order chi connectivity index (χ1) is 9.95. The number of aromatic carboxylic acids is 1. The zero-order valence-corrected chi connectivity index (χ0v) is 12.6. The van der Waals surface area contributed by atoms with E-state index in [0.29, 0.717) is 10.8 Å². The molecule has 0 saturated carbocycles. The molecule has 0 fully saturated rings. The van der Waals surface area contributed by atoms with E-state index in [1.54, 1.807) is 30.3 Å². The third kappa shape index (κ3) is 4.24. The van der Waals surface area contributed by atoms with Crippen LogP contribution >= 0.6 is 23.4 Å². The molecule has 108 valence electrons. The molecule has 0 spiro atoms. The first-order valence-corrected chi connectivity index (χ1v) is 7.14. The van der Waals surface area contributed by atoms with Crippen molar-refractivity contribution in [2.45, 2.75) is 16.7 Å². The SMILES string of the molecule is CC(=O)Oc1cc(Sc2ccc(C(=O)O)cc2)ccc1Cl. The first kappa shape index (κ1) is 15.4. The van der Waals surface area contributed by atoms with E-state index < -0.39 is 11.9 Å². The number of carbonyl (C=O) groups excluding carboxylic acids is 1. The predicted octanol–water partition coefficient (Wildman–Crippen LogP) is 4.11. The zero-order chi connectivity index (χ0) is 15.4. The lowest BCUT2D eigenvalue weighted by atomic mass is 10.2. The number of carboxylic acid groups (broad SMARTS) is 1. The average Bonchev–Trinajstić information content (AvgIpc) is 2.42. The van der Waals surface area contributed by atoms with Crippen LogP contribution in [0.5, 0.6) is 5.75 Å². The van der Waals surface area contributed by atoms with Gasteiger partial charge in [-0.2, -0.15) is 0 Å². The maximum atomic E-state index is 11.0. The molecule has 0 amide bonds. The molecule has 4 nitrogen and oxygen atoms in total. The molecule has 0 heterocycles. The van der Waals surface area contributed by atoms with Crippen LogP contribution in [0.1, 0.15) is 17.3 Å². The van der Waals surface area contributed by atoms with Gasteiger partial charge >= 0.3 is 11.9 Å². The monoisotopic (exact) mass is 322 g/mol. The lowest BCUT2D eigenvalue weighted by Gasteiger charge is -2.07. The highest BCUT2D eigenvalue weighted by molar-refractivity contribution is 7.99. The predicted molar refractivity (Wildman–Crippen MR) is 80.3 cm³/mol. The number of ether oxygens (including phenoxy) is 1. The Bertz CT molecular complexity index is 683. The van der Waals surface area contributed by atoms with Crippen molar-refractivity contribution in [2.24, 2.45) is 0 Å². The lowest BCUT2D eigenvalue weighted by Crippen LogP contribution is -2.01. The van der Waals surface area contributed by atoms with Crippen molar-refractivity contribution < 1.29 is 19.4 Å². The third-order valence-electron chi connectivity index (χ3n) is 2.49. The van der Waals surface area contributed by atoms with Gasteiger partial charge in [0.25, 0.3) is 0 Å². The van der Waals surface area contributed by atoms with Gasteiger partial charge in [-0.1, -0.05) is 23.4 Å². The molecular formula is C15H11ClO4S. The molecule has 0 aromatic heterocycles. The van der Waals surface area contributed by atoms with Crippen LogP contribution in [-0.4, -0.2) is 17.0 Å². The normalized spacial score (nSPS) is 10.2. The number of carboxylic acids is 1. The number of carbonyl (C=O) groups is 2. The Balaban J connectivity index is 2.19. The number of hydrogen-bond donors (Lipinski definition) is 1. The van der Waals surface area contributed by atoms with Crippen LogP contribution in [0.3, 0.4) is 0 Å². The molecule has 21 heavy (non-hydrogen) atoms. The van der Waals surface area contributed by atoms with Crippen molar-refractivity contribution in [3.05, 3.63) is 53.1 Å². The molecule has 0 radical (unpaired) electrons. The molecule has 6 heteroatoms. The van der Waals surface area contributed by atoms with Crippen LogP contribution in [0.4, 0.5) is 0 Å². The molecule has 2 aromatic carbocycles. The summed E-state index contributed by atoms with van der Waals surface area (Å²) in [5, 5.41) is 9.20. The van der Waals surface area contributed by atoms with Gasteiger partial charge in [0.05, 0.1) is 10.6 Å². The fourth-order valence-electron chi connectivity index (χ4n) is 1.58. The van der Waals surface area contributed by atoms with E-state index >= 15 is 0 Å². The van der Waals surface area contributed by atoms with Gasteiger partial charge in [0.15, 0.2) is 5.75 Å². The van der Waals surface area contributed by atoms with Gasteiger partial charge in [0.2, 0.25) is 0 Å². The highest BCUT2D eigenvalue weighted by Crippen LogP contribution is 2.34. The summed E-state index contributed by atoms with van der Waals surface area (Å²) < 4.78 is 5.01. The summed E-state index contributed by atoms with van der Waals surface area (Å²) in [6.45, 7) is 1.31.